The first-order valence-electron chi connectivity index (χ1n) is 8.54. The van der Waals surface area contributed by atoms with Gasteiger partial charge in [0.2, 0.25) is 0 Å². The summed E-state index contributed by atoms with van der Waals surface area (Å²) in [5.41, 5.74) is 4.15. The van der Waals surface area contributed by atoms with Crippen LogP contribution in [0.4, 0.5) is 5.82 Å². The molecule has 3 heterocycles. The zero-order chi connectivity index (χ0) is 16.1. The topological polar surface area (TPSA) is 42.5 Å². The molecule has 3 aromatic rings. The Balaban J connectivity index is 0.00000208. The molecule has 0 spiro atoms. The highest BCUT2D eigenvalue weighted by Gasteiger charge is 2.14. The van der Waals surface area contributed by atoms with Gasteiger partial charge < -0.3 is 9.73 Å². The Bertz CT molecular complexity index is 749. The van der Waals surface area contributed by atoms with E-state index in [4.69, 9.17) is 9.40 Å². The SMILES string of the molecule is CCCCCCCNc1c(-c2ccoc2)nc2cc(C)ccn12.Cl. The normalized spacial score (nSPS) is 10.8. The van der Waals surface area contributed by atoms with E-state index in [1.165, 1.54) is 37.7 Å². The number of imidazole rings is 1. The second-order valence-electron chi connectivity index (χ2n) is 6.09. The number of aryl methyl sites for hydroxylation is 1. The van der Waals surface area contributed by atoms with Crippen molar-refractivity contribution in [3.8, 4) is 11.3 Å². The van der Waals surface area contributed by atoms with Gasteiger partial charge in [0.1, 0.15) is 17.2 Å². The van der Waals surface area contributed by atoms with E-state index >= 15 is 0 Å². The van der Waals surface area contributed by atoms with Gasteiger partial charge in [-0.1, -0.05) is 32.6 Å². The smallest absolute Gasteiger partial charge is 0.139 e. The maximum Gasteiger partial charge on any atom is 0.139 e. The molecule has 24 heavy (non-hydrogen) atoms. The fraction of sp³-hybridized carbons (Fsp3) is 0.421. The van der Waals surface area contributed by atoms with Crippen molar-refractivity contribution in [1.29, 1.82) is 0 Å². The van der Waals surface area contributed by atoms with E-state index in [1.54, 1.807) is 12.5 Å². The lowest BCUT2D eigenvalue weighted by Crippen LogP contribution is -2.05. The van der Waals surface area contributed by atoms with Gasteiger partial charge in [0.25, 0.3) is 0 Å². The predicted molar refractivity (Wildman–Crippen MR) is 102 cm³/mol. The third-order valence-corrected chi connectivity index (χ3v) is 4.15. The number of fused-ring (bicyclic) bond motifs is 1. The van der Waals surface area contributed by atoms with E-state index in [0.717, 1.165) is 29.3 Å². The van der Waals surface area contributed by atoms with Crippen molar-refractivity contribution in [3.63, 3.8) is 0 Å². The second kappa shape index (κ2) is 8.78. The van der Waals surface area contributed by atoms with Crippen LogP contribution in [-0.4, -0.2) is 15.9 Å². The highest BCUT2D eigenvalue weighted by molar-refractivity contribution is 5.85. The Hall–Kier alpha value is -1.94. The van der Waals surface area contributed by atoms with Gasteiger partial charge in [-0.3, -0.25) is 4.40 Å². The molecule has 0 fully saturated rings. The Morgan fingerprint density at radius 3 is 2.75 bits per heavy atom. The molecule has 3 rings (SSSR count). The van der Waals surface area contributed by atoms with Crippen molar-refractivity contribution >= 4 is 23.9 Å². The van der Waals surface area contributed by atoms with Gasteiger partial charge in [-0.05, 0) is 37.1 Å². The number of nitrogens with zero attached hydrogens (tertiary/aromatic N) is 2. The number of rotatable bonds is 8. The molecule has 0 atom stereocenters. The minimum Gasteiger partial charge on any atom is -0.472 e. The quantitative estimate of drug-likeness (QED) is 0.531. The van der Waals surface area contributed by atoms with Gasteiger partial charge in [-0.2, -0.15) is 0 Å². The van der Waals surface area contributed by atoms with Gasteiger partial charge in [0.15, 0.2) is 0 Å². The molecule has 4 nitrogen and oxygen atoms in total. The highest BCUT2D eigenvalue weighted by atomic mass is 35.5. The molecule has 1 N–H and O–H groups in total. The highest BCUT2D eigenvalue weighted by Crippen LogP contribution is 2.29. The summed E-state index contributed by atoms with van der Waals surface area (Å²) in [5, 5.41) is 3.58. The molecular weight excluding hydrogens is 322 g/mol. The molecule has 0 saturated heterocycles. The number of hydrogen-bond donors (Lipinski definition) is 1. The maximum atomic E-state index is 5.24. The Morgan fingerprint density at radius 2 is 2.00 bits per heavy atom. The van der Waals surface area contributed by atoms with E-state index in [9.17, 15) is 0 Å². The fourth-order valence-electron chi connectivity index (χ4n) is 2.85. The van der Waals surface area contributed by atoms with E-state index in [0.29, 0.717) is 0 Å². The van der Waals surface area contributed by atoms with E-state index in [1.807, 2.05) is 6.07 Å². The largest absolute Gasteiger partial charge is 0.472 e. The minimum atomic E-state index is 0. The number of furan rings is 1. The van der Waals surface area contributed by atoms with Gasteiger partial charge in [0, 0.05) is 18.3 Å². The lowest BCUT2D eigenvalue weighted by Gasteiger charge is -2.08. The van der Waals surface area contributed by atoms with Crippen LogP contribution in [0.3, 0.4) is 0 Å². The Labute approximate surface area is 149 Å². The predicted octanol–water partition coefficient (Wildman–Crippen LogP) is 5.71. The van der Waals surface area contributed by atoms with Crippen LogP contribution in [0.2, 0.25) is 0 Å². The molecule has 0 aliphatic rings. The van der Waals surface area contributed by atoms with Crippen LogP contribution in [-0.2, 0) is 0 Å². The molecular formula is C19H26ClN3O. The summed E-state index contributed by atoms with van der Waals surface area (Å²) in [5.74, 6) is 1.05. The molecule has 0 unspecified atom stereocenters. The summed E-state index contributed by atoms with van der Waals surface area (Å²) in [6, 6.07) is 6.18. The lowest BCUT2D eigenvalue weighted by atomic mass is 10.1. The van der Waals surface area contributed by atoms with Crippen molar-refractivity contribution in [3.05, 3.63) is 42.5 Å². The molecule has 0 aliphatic heterocycles. The molecule has 0 aromatic carbocycles. The molecule has 3 aromatic heterocycles. The molecule has 130 valence electrons. The third kappa shape index (κ3) is 4.12. The van der Waals surface area contributed by atoms with Crippen LogP contribution in [0.15, 0.2) is 41.3 Å². The van der Waals surface area contributed by atoms with E-state index in [2.05, 4.69) is 41.9 Å². The summed E-state index contributed by atoms with van der Waals surface area (Å²) in [6.45, 7) is 5.30. The number of halogens is 1. The first kappa shape index (κ1) is 18.4. The van der Waals surface area contributed by atoms with Crippen molar-refractivity contribution in [2.75, 3.05) is 11.9 Å². The zero-order valence-electron chi connectivity index (χ0n) is 14.4. The molecule has 0 saturated carbocycles. The summed E-state index contributed by atoms with van der Waals surface area (Å²) in [6.07, 6.45) is 11.9. The molecule has 0 amide bonds. The molecule has 0 aliphatic carbocycles. The standard InChI is InChI=1S/C19H25N3O.ClH/c1-3-4-5-6-7-10-20-19-18(16-9-12-23-14-16)21-17-13-15(2)8-11-22(17)19;/h8-9,11-14,20H,3-7,10H2,1-2H3;1H. The van der Waals surface area contributed by atoms with Crippen molar-refractivity contribution in [2.45, 2.75) is 46.0 Å². The van der Waals surface area contributed by atoms with Crippen LogP contribution < -0.4 is 5.32 Å². The second-order valence-corrected chi connectivity index (χ2v) is 6.09. The lowest BCUT2D eigenvalue weighted by molar-refractivity contribution is 0.568. The number of anilines is 1. The number of nitrogens with one attached hydrogen (secondary N) is 1. The fourth-order valence-corrected chi connectivity index (χ4v) is 2.85. The van der Waals surface area contributed by atoms with Crippen molar-refractivity contribution in [1.82, 2.24) is 9.38 Å². The van der Waals surface area contributed by atoms with Crippen LogP contribution >= 0.6 is 12.4 Å². The third-order valence-electron chi connectivity index (χ3n) is 4.15. The number of aromatic nitrogens is 2. The number of hydrogen-bond acceptors (Lipinski definition) is 3. The summed E-state index contributed by atoms with van der Waals surface area (Å²) < 4.78 is 7.36. The Morgan fingerprint density at radius 1 is 1.17 bits per heavy atom. The van der Waals surface area contributed by atoms with Crippen molar-refractivity contribution < 1.29 is 4.42 Å². The molecule has 5 heteroatoms. The summed E-state index contributed by atoms with van der Waals surface area (Å²) in [7, 11) is 0. The van der Waals surface area contributed by atoms with Crippen LogP contribution in [0, 0.1) is 6.92 Å². The molecule has 0 bridgehead atoms. The number of unbranched alkanes of at least 4 members (excludes halogenated alkanes) is 4. The monoisotopic (exact) mass is 347 g/mol. The first-order chi connectivity index (χ1) is 11.3. The summed E-state index contributed by atoms with van der Waals surface area (Å²) >= 11 is 0. The van der Waals surface area contributed by atoms with Gasteiger partial charge in [0.05, 0.1) is 12.5 Å². The van der Waals surface area contributed by atoms with Gasteiger partial charge in [-0.15, -0.1) is 12.4 Å². The van der Waals surface area contributed by atoms with Crippen molar-refractivity contribution in [2.24, 2.45) is 0 Å². The van der Waals surface area contributed by atoms with Gasteiger partial charge >= 0.3 is 0 Å². The van der Waals surface area contributed by atoms with E-state index < -0.39 is 0 Å². The maximum absolute atomic E-state index is 5.24. The Kier molecular flexibility index (Phi) is 6.73. The van der Waals surface area contributed by atoms with Crippen LogP contribution in [0.25, 0.3) is 16.9 Å². The summed E-state index contributed by atoms with van der Waals surface area (Å²) in [4.78, 5) is 4.78. The van der Waals surface area contributed by atoms with Crippen LogP contribution in [0.1, 0.15) is 44.6 Å². The van der Waals surface area contributed by atoms with Crippen LogP contribution in [0.5, 0.6) is 0 Å². The number of pyridine rings is 1. The minimum absolute atomic E-state index is 0. The molecule has 0 radical (unpaired) electrons. The van der Waals surface area contributed by atoms with E-state index in [-0.39, 0.29) is 12.4 Å². The van der Waals surface area contributed by atoms with Gasteiger partial charge in [-0.25, -0.2) is 4.98 Å². The average molecular weight is 348 g/mol. The first-order valence-corrected chi connectivity index (χ1v) is 8.54. The average Bonchev–Trinajstić information content (AvgIpc) is 3.18. The zero-order valence-corrected chi connectivity index (χ0v) is 15.2.